The van der Waals surface area contributed by atoms with Crippen LogP contribution in [0.5, 0.6) is 5.75 Å². The average molecular weight is 740 g/mol. The Labute approximate surface area is 313 Å². The summed E-state index contributed by atoms with van der Waals surface area (Å²) in [5.41, 5.74) is 1.67. The fourth-order valence-corrected chi connectivity index (χ4v) is 6.98. The SMILES string of the molecule is CN(C)CCCOc1ccc2c(=O)n(CC3(O)CCN(C(=O)[C@H](CCCNC(=O)c4cnc5c(Cl)ccnc5c4)Cc4ccccc4)CC3)cnc2c1. The van der Waals surface area contributed by atoms with E-state index in [1.165, 1.54) is 17.1 Å². The zero-order valence-corrected chi connectivity index (χ0v) is 31.0. The van der Waals surface area contributed by atoms with Crippen LogP contribution in [0.15, 0.2) is 84.2 Å². The Balaban J connectivity index is 1.04. The van der Waals surface area contributed by atoms with E-state index in [9.17, 15) is 19.5 Å². The maximum Gasteiger partial charge on any atom is 0.261 e. The molecule has 3 aromatic heterocycles. The first-order chi connectivity index (χ1) is 25.6. The van der Waals surface area contributed by atoms with Gasteiger partial charge in [-0.2, -0.15) is 0 Å². The van der Waals surface area contributed by atoms with Crippen LogP contribution in [0.3, 0.4) is 0 Å². The highest BCUT2D eigenvalue weighted by Crippen LogP contribution is 2.27. The number of aliphatic hydroxyl groups is 1. The maximum atomic E-state index is 14.0. The molecule has 53 heavy (non-hydrogen) atoms. The standard InChI is InChI=1S/C40H46ClN7O5/c1-46(2)18-7-21-53-31-11-12-32-34(24-31)45-27-48(39(32)51)26-40(52)14-19-47(20-15-40)38(50)29(22-28-8-4-3-5-9-28)10-6-16-43-37(49)30-23-35-36(44-25-30)33(41)13-17-42-35/h3-5,8-9,11-13,17,23-25,27,29,52H,6-7,10,14-16,18-22,26H2,1-2H3,(H,43,49)/t29-/m1/s1. The summed E-state index contributed by atoms with van der Waals surface area (Å²) in [7, 11) is 4.04. The Morgan fingerprint density at radius 3 is 2.58 bits per heavy atom. The highest BCUT2D eigenvalue weighted by Gasteiger charge is 2.36. The number of benzene rings is 2. The molecular formula is C40H46ClN7O5. The lowest BCUT2D eigenvalue weighted by Gasteiger charge is -2.39. The molecule has 278 valence electrons. The Hall–Kier alpha value is -4.91. The third kappa shape index (κ3) is 9.75. The highest BCUT2D eigenvalue weighted by atomic mass is 35.5. The van der Waals surface area contributed by atoms with Crippen molar-refractivity contribution in [3.63, 3.8) is 0 Å². The molecule has 2 aromatic carbocycles. The minimum Gasteiger partial charge on any atom is -0.493 e. The number of likely N-dealkylation sites (tertiary alicyclic amines) is 1. The highest BCUT2D eigenvalue weighted by molar-refractivity contribution is 6.34. The second-order valence-electron chi connectivity index (χ2n) is 14.1. The van der Waals surface area contributed by atoms with E-state index in [-0.39, 0.29) is 29.8 Å². The zero-order valence-electron chi connectivity index (χ0n) is 30.2. The number of piperidine rings is 1. The van der Waals surface area contributed by atoms with Crippen LogP contribution in [0.1, 0.15) is 48.0 Å². The Bertz CT molecular complexity index is 2100. The number of carbonyl (C=O) groups excluding carboxylic acids is 2. The quantitative estimate of drug-likeness (QED) is 0.146. The monoisotopic (exact) mass is 739 g/mol. The van der Waals surface area contributed by atoms with Gasteiger partial charge in [-0.25, -0.2) is 4.98 Å². The molecule has 1 atom stereocenters. The van der Waals surface area contributed by atoms with Gasteiger partial charge in [0.25, 0.3) is 11.5 Å². The van der Waals surface area contributed by atoms with Gasteiger partial charge in [0.15, 0.2) is 0 Å². The van der Waals surface area contributed by atoms with Crippen LogP contribution in [0, 0.1) is 5.92 Å². The predicted molar refractivity (Wildman–Crippen MR) is 205 cm³/mol. The molecule has 0 unspecified atom stereocenters. The van der Waals surface area contributed by atoms with Crippen molar-refractivity contribution in [1.29, 1.82) is 0 Å². The summed E-state index contributed by atoms with van der Waals surface area (Å²) in [5.74, 6) is 0.110. The van der Waals surface area contributed by atoms with Gasteiger partial charge in [-0.3, -0.25) is 28.9 Å². The van der Waals surface area contributed by atoms with Crippen LogP contribution < -0.4 is 15.6 Å². The van der Waals surface area contributed by atoms with E-state index >= 15 is 0 Å². The van der Waals surface area contributed by atoms with Gasteiger partial charge in [-0.05, 0) is 82.4 Å². The lowest BCUT2D eigenvalue weighted by molar-refractivity contribution is -0.140. The van der Waals surface area contributed by atoms with E-state index in [0.717, 1.165) is 18.5 Å². The Morgan fingerprint density at radius 2 is 1.81 bits per heavy atom. The van der Waals surface area contributed by atoms with E-state index < -0.39 is 5.60 Å². The molecule has 0 spiro atoms. The zero-order chi connectivity index (χ0) is 37.4. The fraction of sp³-hybridized carbons (Fsp3) is 0.400. The molecule has 1 saturated heterocycles. The van der Waals surface area contributed by atoms with E-state index in [4.69, 9.17) is 16.3 Å². The van der Waals surface area contributed by atoms with E-state index in [1.54, 1.807) is 36.5 Å². The van der Waals surface area contributed by atoms with Crippen LogP contribution in [0.25, 0.3) is 21.9 Å². The third-order valence-electron chi connectivity index (χ3n) is 9.77. The Kier molecular flexibility index (Phi) is 12.3. The Morgan fingerprint density at radius 1 is 1.02 bits per heavy atom. The van der Waals surface area contributed by atoms with Gasteiger partial charge in [0, 0.05) is 50.6 Å². The number of aromatic nitrogens is 4. The first-order valence-electron chi connectivity index (χ1n) is 18.1. The van der Waals surface area contributed by atoms with Crippen LogP contribution in [-0.4, -0.2) is 98.7 Å². The molecule has 5 aromatic rings. The number of ether oxygens (including phenoxy) is 1. The van der Waals surface area contributed by atoms with Crippen molar-refractivity contribution in [2.45, 2.75) is 50.7 Å². The fourth-order valence-electron chi connectivity index (χ4n) is 6.77. The summed E-state index contributed by atoms with van der Waals surface area (Å²) in [5, 5.41) is 15.5. The molecule has 0 saturated carbocycles. The first-order valence-corrected chi connectivity index (χ1v) is 18.5. The maximum absolute atomic E-state index is 14.0. The molecule has 0 radical (unpaired) electrons. The van der Waals surface area contributed by atoms with Crippen LogP contribution in [0.2, 0.25) is 5.02 Å². The van der Waals surface area contributed by atoms with Crippen molar-refractivity contribution >= 4 is 45.4 Å². The molecule has 1 fully saturated rings. The number of nitrogens with one attached hydrogen (secondary N) is 1. The largest absolute Gasteiger partial charge is 0.493 e. The van der Waals surface area contributed by atoms with Crippen molar-refractivity contribution < 1.29 is 19.4 Å². The number of nitrogens with zero attached hydrogens (tertiary/aromatic N) is 6. The molecule has 2 N–H and O–H groups in total. The van der Waals surface area contributed by atoms with Gasteiger partial charge < -0.3 is 25.0 Å². The topological polar surface area (TPSA) is 143 Å². The van der Waals surface area contributed by atoms with Crippen molar-refractivity contribution in [2.24, 2.45) is 5.92 Å². The minimum atomic E-state index is -1.16. The predicted octanol–water partition coefficient (Wildman–Crippen LogP) is 4.75. The summed E-state index contributed by atoms with van der Waals surface area (Å²) >= 11 is 6.19. The molecule has 4 heterocycles. The molecule has 12 nitrogen and oxygen atoms in total. The minimum absolute atomic E-state index is 0.0215. The summed E-state index contributed by atoms with van der Waals surface area (Å²) in [6.07, 6.45) is 7.82. The van der Waals surface area contributed by atoms with Gasteiger partial charge in [-0.1, -0.05) is 41.9 Å². The van der Waals surface area contributed by atoms with E-state index in [2.05, 4.69) is 25.2 Å². The lowest BCUT2D eigenvalue weighted by Crippen LogP contribution is -2.51. The van der Waals surface area contributed by atoms with Crippen molar-refractivity contribution in [1.82, 2.24) is 34.6 Å². The van der Waals surface area contributed by atoms with E-state index in [0.29, 0.717) is 96.6 Å². The molecule has 1 aliphatic heterocycles. The number of hydrogen-bond acceptors (Lipinski definition) is 9. The third-order valence-corrected chi connectivity index (χ3v) is 10.1. The van der Waals surface area contributed by atoms with Gasteiger partial charge in [-0.15, -0.1) is 0 Å². The summed E-state index contributed by atoms with van der Waals surface area (Å²) in [6.45, 7) is 2.70. The first kappa shape index (κ1) is 37.8. The van der Waals surface area contributed by atoms with Gasteiger partial charge in [0.1, 0.15) is 11.3 Å². The van der Waals surface area contributed by atoms with Gasteiger partial charge in [0.2, 0.25) is 5.91 Å². The molecule has 1 aliphatic rings. The number of carbonyl (C=O) groups is 2. The number of hydrogen-bond donors (Lipinski definition) is 2. The molecule has 13 heteroatoms. The summed E-state index contributed by atoms with van der Waals surface area (Å²) in [4.78, 5) is 57.3. The number of rotatable bonds is 15. The molecule has 2 amide bonds. The lowest BCUT2D eigenvalue weighted by atomic mass is 9.88. The summed E-state index contributed by atoms with van der Waals surface area (Å²) < 4.78 is 7.31. The normalized spacial score (nSPS) is 14.8. The van der Waals surface area contributed by atoms with Crippen molar-refractivity contribution in [3.8, 4) is 5.75 Å². The second-order valence-corrected chi connectivity index (χ2v) is 14.5. The number of pyridine rings is 2. The molecule has 0 bridgehead atoms. The number of fused-ring (bicyclic) bond motifs is 2. The van der Waals surface area contributed by atoms with Crippen molar-refractivity contribution in [2.75, 3.05) is 46.9 Å². The molecule has 6 rings (SSSR count). The van der Waals surface area contributed by atoms with Crippen LogP contribution in [-0.2, 0) is 17.8 Å². The summed E-state index contributed by atoms with van der Waals surface area (Å²) in [6, 6.07) is 18.5. The second kappa shape index (κ2) is 17.3. The average Bonchev–Trinajstić information content (AvgIpc) is 3.16. The van der Waals surface area contributed by atoms with Gasteiger partial charge in [0.05, 0.1) is 52.1 Å². The van der Waals surface area contributed by atoms with E-state index in [1.807, 2.05) is 49.3 Å². The smallest absolute Gasteiger partial charge is 0.261 e. The molecule has 0 aliphatic carbocycles. The number of amides is 2. The van der Waals surface area contributed by atoms with Crippen LogP contribution >= 0.6 is 11.6 Å². The van der Waals surface area contributed by atoms with Crippen LogP contribution in [0.4, 0.5) is 0 Å². The molecular weight excluding hydrogens is 694 g/mol. The van der Waals surface area contributed by atoms with Crippen molar-refractivity contribution in [3.05, 3.63) is 106 Å². The number of halogens is 1. The van der Waals surface area contributed by atoms with Gasteiger partial charge >= 0.3 is 0 Å².